The second-order valence-corrected chi connectivity index (χ2v) is 5.98. The fourth-order valence-electron chi connectivity index (χ4n) is 2.68. The van der Waals surface area contributed by atoms with Gasteiger partial charge in [-0.2, -0.15) is 0 Å². The smallest absolute Gasteiger partial charge is 0.232 e. The average Bonchev–Trinajstić information content (AvgIpc) is 2.55. The van der Waals surface area contributed by atoms with Crippen molar-refractivity contribution >= 4 is 11.6 Å². The van der Waals surface area contributed by atoms with Gasteiger partial charge in [-0.1, -0.05) is 26.0 Å². The molecular formula is C17H26N2O2. The van der Waals surface area contributed by atoms with Gasteiger partial charge in [-0.15, -0.1) is 0 Å². The Balaban J connectivity index is 2.04. The fourth-order valence-corrected chi connectivity index (χ4v) is 2.68. The molecule has 4 nitrogen and oxygen atoms in total. The van der Waals surface area contributed by atoms with Crippen LogP contribution in [0.5, 0.6) is 0 Å². The molecule has 0 aromatic heterocycles. The molecule has 4 heteroatoms. The highest BCUT2D eigenvalue weighted by Gasteiger charge is 2.38. The van der Waals surface area contributed by atoms with E-state index in [0.29, 0.717) is 38.5 Å². The zero-order chi connectivity index (χ0) is 15.3. The van der Waals surface area contributed by atoms with Crippen molar-refractivity contribution in [2.45, 2.75) is 39.0 Å². The molecule has 0 radical (unpaired) electrons. The first-order valence-electron chi connectivity index (χ1n) is 7.80. The van der Waals surface area contributed by atoms with Crippen molar-refractivity contribution in [3.8, 4) is 0 Å². The van der Waals surface area contributed by atoms with Gasteiger partial charge in [-0.05, 0) is 42.9 Å². The standard InChI is InChI=1S/C17H26N2O2/c1-3-13(2)14-4-6-15(7-5-14)19-16(20)17(12-18)8-10-21-11-9-17/h4-7,13H,3,8-12,18H2,1-2H3,(H,19,20). The van der Waals surface area contributed by atoms with Gasteiger partial charge in [0.25, 0.3) is 0 Å². The molecule has 21 heavy (non-hydrogen) atoms. The molecule has 1 saturated heterocycles. The number of amides is 1. The molecule has 1 aromatic rings. The maximum Gasteiger partial charge on any atom is 0.232 e. The Labute approximate surface area is 127 Å². The van der Waals surface area contributed by atoms with Gasteiger partial charge in [0, 0.05) is 25.4 Å². The Morgan fingerprint density at radius 1 is 1.33 bits per heavy atom. The highest BCUT2D eigenvalue weighted by atomic mass is 16.5. The van der Waals surface area contributed by atoms with E-state index in [4.69, 9.17) is 10.5 Å². The normalized spacial score (nSPS) is 19.0. The summed E-state index contributed by atoms with van der Waals surface area (Å²) in [6, 6.07) is 8.12. The van der Waals surface area contributed by atoms with E-state index < -0.39 is 5.41 Å². The predicted octanol–water partition coefficient (Wildman–Crippen LogP) is 2.89. The third-order valence-electron chi connectivity index (χ3n) is 4.67. The Morgan fingerprint density at radius 2 is 1.95 bits per heavy atom. The summed E-state index contributed by atoms with van der Waals surface area (Å²) >= 11 is 0. The minimum Gasteiger partial charge on any atom is -0.381 e. The highest BCUT2D eigenvalue weighted by molar-refractivity contribution is 5.95. The Kier molecular flexibility index (Phi) is 5.37. The van der Waals surface area contributed by atoms with E-state index in [9.17, 15) is 4.79 Å². The van der Waals surface area contributed by atoms with Gasteiger partial charge in [0.15, 0.2) is 0 Å². The molecule has 0 bridgehead atoms. The summed E-state index contributed by atoms with van der Waals surface area (Å²) in [5.41, 5.74) is 7.52. The van der Waals surface area contributed by atoms with Crippen LogP contribution in [-0.2, 0) is 9.53 Å². The van der Waals surface area contributed by atoms with E-state index in [1.807, 2.05) is 12.1 Å². The van der Waals surface area contributed by atoms with Crippen molar-refractivity contribution < 1.29 is 9.53 Å². The number of nitrogens with two attached hydrogens (primary N) is 1. The molecule has 1 aliphatic heterocycles. The summed E-state index contributed by atoms with van der Waals surface area (Å²) in [5.74, 6) is 0.560. The largest absolute Gasteiger partial charge is 0.381 e. The van der Waals surface area contributed by atoms with Crippen molar-refractivity contribution in [3.63, 3.8) is 0 Å². The summed E-state index contributed by atoms with van der Waals surface area (Å²) in [6.45, 7) is 5.97. The molecule has 1 atom stereocenters. The van der Waals surface area contributed by atoms with E-state index in [1.165, 1.54) is 5.56 Å². The van der Waals surface area contributed by atoms with E-state index in [2.05, 4.69) is 31.3 Å². The van der Waals surface area contributed by atoms with Crippen LogP contribution in [0, 0.1) is 5.41 Å². The summed E-state index contributed by atoms with van der Waals surface area (Å²) in [7, 11) is 0. The highest BCUT2D eigenvalue weighted by Crippen LogP contribution is 2.31. The molecule has 1 heterocycles. The Hall–Kier alpha value is -1.39. The summed E-state index contributed by atoms with van der Waals surface area (Å²) in [5, 5.41) is 3.01. The summed E-state index contributed by atoms with van der Waals surface area (Å²) < 4.78 is 5.35. The molecule has 1 unspecified atom stereocenters. The lowest BCUT2D eigenvalue weighted by molar-refractivity contribution is -0.130. The van der Waals surface area contributed by atoms with Crippen LogP contribution in [-0.4, -0.2) is 25.7 Å². The number of rotatable bonds is 5. The molecule has 2 rings (SSSR count). The van der Waals surface area contributed by atoms with E-state index in [0.717, 1.165) is 12.1 Å². The van der Waals surface area contributed by atoms with E-state index >= 15 is 0 Å². The lowest BCUT2D eigenvalue weighted by atomic mass is 9.79. The topological polar surface area (TPSA) is 64.4 Å². The molecular weight excluding hydrogens is 264 g/mol. The number of benzene rings is 1. The molecule has 3 N–H and O–H groups in total. The van der Waals surface area contributed by atoms with Crippen molar-refractivity contribution in [3.05, 3.63) is 29.8 Å². The van der Waals surface area contributed by atoms with Gasteiger partial charge >= 0.3 is 0 Å². The zero-order valence-corrected chi connectivity index (χ0v) is 13.0. The lowest BCUT2D eigenvalue weighted by Crippen LogP contribution is -2.46. The number of nitrogens with one attached hydrogen (secondary N) is 1. The first-order chi connectivity index (χ1) is 10.1. The number of anilines is 1. The van der Waals surface area contributed by atoms with Crippen LogP contribution in [0.15, 0.2) is 24.3 Å². The number of carbonyl (C=O) groups excluding carboxylic acids is 1. The minimum absolute atomic E-state index is 0.0181. The fraction of sp³-hybridized carbons (Fsp3) is 0.588. The van der Waals surface area contributed by atoms with Crippen LogP contribution >= 0.6 is 0 Å². The van der Waals surface area contributed by atoms with Crippen LogP contribution in [0.1, 0.15) is 44.6 Å². The Bertz CT molecular complexity index is 464. The summed E-state index contributed by atoms with van der Waals surface area (Å²) in [6.07, 6.45) is 2.50. The monoisotopic (exact) mass is 290 g/mol. The SMILES string of the molecule is CCC(C)c1ccc(NC(=O)C2(CN)CCOCC2)cc1. The van der Waals surface area contributed by atoms with Crippen LogP contribution in [0.3, 0.4) is 0 Å². The van der Waals surface area contributed by atoms with Crippen LogP contribution < -0.4 is 11.1 Å². The first kappa shape index (κ1) is 16.0. The van der Waals surface area contributed by atoms with Crippen LogP contribution in [0.25, 0.3) is 0 Å². The molecule has 1 aliphatic rings. The number of hydrogen-bond donors (Lipinski definition) is 2. The van der Waals surface area contributed by atoms with Crippen LogP contribution in [0.4, 0.5) is 5.69 Å². The molecule has 116 valence electrons. The summed E-state index contributed by atoms with van der Waals surface area (Å²) in [4.78, 5) is 12.5. The van der Waals surface area contributed by atoms with E-state index in [-0.39, 0.29) is 5.91 Å². The minimum atomic E-state index is -0.479. The quantitative estimate of drug-likeness (QED) is 0.876. The average molecular weight is 290 g/mol. The molecule has 1 aromatic carbocycles. The third-order valence-corrected chi connectivity index (χ3v) is 4.67. The van der Waals surface area contributed by atoms with E-state index in [1.54, 1.807) is 0 Å². The van der Waals surface area contributed by atoms with Gasteiger partial charge in [0.1, 0.15) is 0 Å². The first-order valence-corrected chi connectivity index (χ1v) is 7.80. The second kappa shape index (κ2) is 7.05. The molecule has 0 aliphatic carbocycles. The van der Waals surface area contributed by atoms with Crippen molar-refractivity contribution in [1.29, 1.82) is 0 Å². The van der Waals surface area contributed by atoms with Gasteiger partial charge in [-0.3, -0.25) is 4.79 Å². The van der Waals surface area contributed by atoms with Crippen molar-refractivity contribution in [1.82, 2.24) is 0 Å². The molecule has 0 saturated carbocycles. The molecule has 0 spiro atoms. The van der Waals surface area contributed by atoms with Crippen molar-refractivity contribution in [2.75, 3.05) is 25.1 Å². The zero-order valence-electron chi connectivity index (χ0n) is 13.0. The van der Waals surface area contributed by atoms with Crippen molar-refractivity contribution in [2.24, 2.45) is 11.1 Å². The van der Waals surface area contributed by atoms with Gasteiger partial charge in [0.2, 0.25) is 5.91 Å². The maximum absolute atomic E-state index is 12.5. The molecule has 1 fully saturated rings. The number of carbonyl (C=O) groups is 1. The Morgan fingerprint density at radius 3 is 2.48 bits per heavy atom. The molecule has 1 amide bonds. The number of ether oxygens (including phenoxy) is 1. The third kappa shape index (κ3) is 3.63. The predicted molar refractivity (Wildman–Crippen MR) is 85.3 cm³/mol. The van der Waals surface area contributed by atoms with Gasteiger partial charge in [-0.25, -0.2) is 0 Å². The maximum atomic E-state index is 12.5. The van der Waals surface area contributed by atoms with Crippen LogP contribution in [0.2, 0.25) is 0 Å². The van der Waals surface area contributed by atoms with Gasteiger partial charge in [0.05, 0.1) is 5.41 Å². The van der Waals surface area contributed by atoms with Gasteiger partial charge < -0.3 is 15.8 Å². The number of hydrogen-bond acceptors (Lipinski definition) is 3. The lowest BCUT2D eigenvalue weighted by Gasteiger charge is -2.34. The second-order valence-electron chi connectivity index (χ2n) is 5.98.